The fourth-order valence-electron chi connectivity index (χ4n) is 2.66. The van der Waals surface area contributed by atoms with Gasteiger partial charge in [0.25, 0.3) is 0 Å². The molecule has 1 N–H and O–H groups in total. The number of ether oxygens (including phenoxy) is 1. The third kappa shape index (κ3) is 4.91. The van der Waals surface area contributed by atoms with Gasteiger partial charge >= 0.3 is 5.97 Å². The van der Waals surface area contributed by atoms with Crippen LogP contribution in [-0.4, -0.2) is 28.0 Å². The maximum absolute atomic E-state index is 12.5. The minimum Gasteiger partial charge on any atom is -0.458 e. The van der Waals surface area contributed by atoms with Gasteiger partial charge in [0.15, 0.2) is 0 Å². The highest BCUT2D eigenvalue weighted by Crippen LogP contribution is 2.32. The Morgan fingerprint density at radius 1 is 1.22 bits per heavy atom. The number of nitrogens with one attached hydrogen (secondary N) is 1. The van der Waals surface area contributed by atoms with Crippen molar-refractivity contribution in [2.24, 2.45) is 0 Å². The molecule has 1 fully saturated rings. The molecule has 0 bridgehead atoms. The van der Waals surface area contributed by atoms with E-state index in [9.17, 15) is 9.59 Å². The molecule has 2 rings (SSSR count). The Morgan fingerprint density at radius 3 is 2.39 bits per heavy atom. The third-order valence-corrected chi connectivity index (χ3v) is 3.74. The second-order valence-corrected chi connectivity index (χ2v) is 6.89. The van der Waals surface area contributed by atoms with Gasteiger partial charge in [-0.15, -0.1) is 0 Å². The lowest BCUT2D eigenvalue weighted by Gasteiger charge is -2.31. The Kier molecular flexibility index (Phi) is 5.19. The Balaban J connectivity index is 2.05. The molecule has 1 aliphatic rings. The van der Waals surface area contributed by atoms with Crippen LogP contribution < -0.4 is 5.32 Å². The molecule has 0 saturated heterocycles. The van der Waals surface area contributed by atoms with Crippen LogP contribution in [0.15, 0.2) is 30.6 Å². The van der Waals surface area contributed by atoms with Crippen LogP contribution in [0.2, 0.25) is 0 Å². The molecule has 1 saturated carbocycles. The first-order chi connectivity index (χ1) is 10.8. The first-order valence-electron chi connectivity index (χ1n) is 7.94. The van der Waals surface area contributed by atoms with Crippen molar-refractivity contribution >= 4 is 18.0 Å². The maximum Gasteiger partial charge on any atom is 0.332 e. The number of amides is 1. The number of hydrogen-bond donors (Lipinski definition) is 1. The molecule has 1 heterocycles. The maximum atomic E-state index is 12.5. The van der Waals surface area contributed by atoms with Gasteiger partial charge in [-0.1, -0.05) is 12.8 Å². The highest BCUT2D eigenvalue weighted by atomic mass is 16.6. The summed E-state index contributed by atoms with van der Waals surface area (Å²) in [5.74, 6) is -0.622. The Hall–Kier alpha value is -2.17. The second kappa shape index (κ2) is 6.94. The SMILES string of the molecule is CC(C)(C)OC(=O)C1(NC(=O)/C=C\c2ccncc2)CCCC1. The lowest BCUT2D eigenvalue weighted by atomic mass is 9.97. The van der Waals surface area contributed by atoms with Crippen LogP contribution in [0, 0.1) is 0 Å². The van der Waals surface area contributed by atoms with Gasteiger partial charge in [-0.3, -0.25) is 9.78 Å². The van der Waals surface area contributed by atoms with E-state index in [-0.39, 0.29) is 11.9 Å². The molecule has 0 aromatic carbocycles. The molecule has 5 heteroatoms. The summed E-state index contributed by atoms with van der Waals surface area (Å²) in [5.41, 5.74) is -0.579. The van der Waals surface area contributed by atoms with Crippen molar-refractivity contribution in [1.82, 2.24) is 10.3 Å². The van der Waals surface area contributed by atoms with Crippen LogP contribution in [0.5, 0.6) is 0 Å². The fraction of sp³-hybridized carbons (Fsp3) is 0.500. The number of carbonyl (C=O) groups is 2. The molecule has 23 heavy (non-hydrogen) atoms. The van der Waals surface area contributed by atoms with Crippen LogP contribution in [0.4, 0.5) is 0 Å². The molecule has 0 aliphatic heterocycles. The first-order valence-corrected chi connectivity index (χ1v) is 7.94. The molecule has 0 unspecified atom stereocenters. The summed E-state index contributed by atoms with van der Waals surface area (Å²) in [5, 5.41) is 2.87. The minimum atomic E-state index is -0.896. The summed E-state index contributed by atoms with van der Waals surface area (Å²) in [4.78, 5) is 28.7. The highest BCUT2D eigenvalue weighted by Gasteiger charge is 2.44. The molecule has 124 valence electrons. The molecule has 1 aromatic rings. The van der Waals surface area contributed by atoms with Gasteiger partial charge in [0.2, 0.25) is 5.91 Å². The van der Waals surface area contributed by atoms with E-state index < -0.39 is 11.1 Å². The van der Waals surface area contributed by atoms with Crippen molar-refractivity contribution in [3.63, 3.8) is 0 Å². The first kappa shape index (κ1) is 17.2. The van der Waals surface area contributed by atoms with Crippen LogP contribution in [0.1, 0.15) is 52.0 Å². The van der Waals surface area contributed by atoms with Crippen LogP contribution in [-0.2, 0) is 14.3 Å². The summed E-state index contributed by atoms with van der Waals surface area (Å²) in [6.07, 6.45) is 9.54. The predicted octanol–water partition coefficient (Wildman–Crippen LogP) is 2.87. The van der Waals surface area contributed by atoms with E-state index in [1.54, 1.807) is 18.5 Å². The Morgan fingerprint density at radius 2 is 1.83 bits per heavy atom. The van der Waals surface area contributed by atoms with Gasteiger partial charge in [-0.05, 0) is 57.4 Å². The van der Waals surface area contributed by atoms with E-state index in [1.165, 1.54) is 6.08 Å². The molecule has 0 radical (unpaired) electrons. The summed E-state index contributed by atoms with van der Waals surface area (Å²) in [6.45, 7) is 5.50. The number of carbonyl (C=O) groups excluding carboxylic acids is 2. The summed E-state index contributed by atoms with van der Waals surface area (Å²) in [6, 6.07) is 3.62. The van der Waals surface area contributed by atoms with Crippen molar-refractivity contribution in [2.45, 2.75) is 57.6 Å². The number of rotatable bonds is 4. The number of pyridine rings is 1. The zero-order valence-electron chi connectivity index (χ0n) is 14.0. The largest absolute Gasteiger partial charge is 0.458 e. The zero-order chi connectivity index (χ0) is 16.9. The van der Waals surface area contributed by atoms with Crippen LogP contribution >= 0.6 is 0 Å². The fourth-order valence-corrected chi connectivity index (χ4v) is 2.66. The number of nitrogens with zero attached hydrogens (tertiary/aromatic N) is 1. The molecular formula is C18H24N2O3. The molecule has 5 nitrogen and oxygen atoms in total. The average molecular weight is 316 g/mol. The summed E-state index contributed by atoms with van der Waals surface area (Å²) < 4.78 is 5.50. The van der Waals surface area contributed by atoms with Crippen molar-refractivity contribution in [1.29, 1.82) is 0 Å². The molecule has 0 atom stereocenters. The van der Waals surface area contributed by atoms with E-state index in [2.05, 4.69) is 10.3 Å². The van der Waals surface area contributed by atoms with E-state index >= 15 is 0 Å². The second-order valence-electron chi connectivity index (χ2n) is 6.89. The van der Waals surface area contributed by atoms with E-state index in [4.69, 9.17) is 4.74 Å². The van der Waals surface area contributed by atoms with Gasteiger partial charge in [0.05, 0.1) is 0 Å². The minimum absolute atomic E-state index is 0.283. The van der Waals surface area contributed by atoms with Gasteiger partial charge in [0, 0.05) is 18.5 Å². The van der Waals surface area contributed by atoms with Crippen LogP contribution in [0.3, 0.4) is 0 Å². The standard InChI is InChI=1S/C18H24N2O3/c1-17(2,3)23-16(22)18(10-4-5-11-18)20-15(21)7-6-14-8-12-19-13-9-14/h6-9,12-13H,4-5,10-11H2,1-3H3,(H,20,21)/b7-6-. The number of esters is 1. The molecule has 1 aliphatic carbocycles. The summed E-state index contributed by atoms with van der Waals surface area (Å²) >= 11 is 0. The van der Waals surface area contributed by atoms with E-state index in [0.717, 1.165) is 18.4 Å². The lowest BCUT2D eigenvalue weighted by Crippen LogP contribution is -2.54. The van der Waals surface area contributed by atoms with Gasteiger partial charge < -0.3 is 10.1 Å². The van der Waals surface area contributed by atoms with E-state index in [1.807, 2.05) is 32.9 Å². The molecule has 1 aromatic heterocycles. The van der Waals surface area contributed by atoms with E-state index in [0.29, 0.717) is 12.8 Å². The van der Waals surface area contributed by atoms with Gasteiger partial charge in [-0.25, -0.2) is 4.79 Å². The third-order valence-electron chi connectivity index (χ3n) is 3.74. The zero-order valence-corrected chi connectivity index (χ0v) is 14.0. The monoisotopic (exact) mass is 316 g/mol. The number of aromatic nitrogens is 1. The lowest BCUT2D eigenvalue weighted by molar-refractivity contribution is -0.164. The summed E-state index contributed by atoms with van der Waals surface area (Å²) in [7, 11) is 0. The average Bonchev–Trinajstić information content (AvgIpc) is 2.94. The predicted molar refractivity (Wildman–Crippen MR) is 88.5 cm³/mol. The molecular weight excluding hydrogens is 292 g/mol. The van der Waals surface area contributed by atoms with Gasteiger partial charge in [0.1, 0.15) is 11.1 Å². The molecule has 0 spiro atoms. The quantitative estimate of drug-likeness (QED) is 0.685. The van der Waals surface area contributed by atoms with Gasteiger partial charge in [-0.2, -0.15) is 0 Å². The van der Waals surface area contributed by atoms with Crippen molar-refractivity contribution in [3.8, 4) is 0 Å². The topological polar surface area (TPSA) is 68.3 Å². The van der Waals surface area contributed by atoms with Crippen molar-refractivity contribution < 1.29 is 14.3 Å². The normalized spacial score (nSPS) is 17.2. The Bertz CT molecular complexity index is 582. The van der Waals surface area contributed by atoms with Crippen molar-refractivity contribution in [3.05, 3.63) is 36.2 Å². The number of hydrogen-bond acceptors (Lipinski definition) is 4. The van der Waals surface area contributed by atoms with Crippen molar-refractivity contribution in [2.75, 3.05) is 0 Å². The smallest absolute Gasteiger partial charge is 0.332 e. The van der Waals surface area contributed by atoms with Crippen LogP contribution in [0.25, 0.3) is 6.08 Å². The Labute approximate surface area is 137 Å². The highest BCUT2D eigenvalue weighted by molar-refractivity contribution is 5.96. The molecule has 1 amide bonds.